The second-order valence-corrected chi connectivity index (χ2v) is 16.2. The van der Waals surface area contributed by atoms with E-state index in [-0.39, 0.29) is 43.6 Å². The number of benzene rings is 7. The van der Waals surface area contributed by atoms with Crippen molar-refractivity contribution in [3.05, 3.63) is 180 Å². The van der Waals surface area contributed by atoms with Crippen LogP contribution in [0.3, 0.4) is 0 Å². The van der Waals surface area contributed by atoms with Crippen molar-refractivity contribution in [1.82, 2.24) is 19.1 Å². The molecule has 0 N–H and O–H groups in total. The molecule has 0 radical (unpaired) electrons. The van der Waals surface area contributed by atoms with Gasteiger partial charge in [-0.05, 0) is 143 Å². The van der Waals surface area contributed by atoms with E-state index in [4.69, 9.17) is 9.97 Å². The van der Waals surface area contributed by atoms with Gasteiger partial charge in [0.2, 0.25) is 0 Å². The first-order valence-corrected chi connectivity index (χ1v) is 20.6. The van der Waals surface area contributed by atoms with Crippen LogP contribution >= 0.6 is 0 Å². The van der Waals surface area contributed by atoms with E-state index >= 15 is 0 Å². The zero-order chi connectivity index (χ0) is 47.7. The summed E-state index contributed by atoms with van der Waals surface area (Å²) >= 11 is 0. The summed E-state index contributed by atoms with van der Waals surface area (Å²) in [5.41, 5.74) is -0.483. The van der Waals surface area contributed by atoms with Crippen LogP contribution < -0.4 is 0 Å². The highest BCUT2D eigenvalue weighted by Gasteiger charge is 2.35. The molecule has 0 spiro atoms. The quantitative estimate of drug-likeness (QED) is 0.130. The summed E-state index contributed by atoms with van der Waals surface area (Å²) in [7, 11) is 0. The summed E-state index contributed by atoms with van der Waals surface area (Å²) in [5.74, 6) is 0. The van der Waals surface area contributed by atoms with Gasteiger partial charge in [0.1, 0.15) is 0 Å². The summed E-state index contributed by atoms with van der Waals surface area (Å²) in [6.45, 7) is 0. The number of hydrogen-bond donors (Lipinski definition) is 0. The Kier molecular flexibility index (Phi) is 9.31. The predicted octanol–water partition coefficient (Wildman–Crippen LogP) is 16.4. The molecule has 11 aromatic rings. The smallest absolute Gasteiger partial charge is 0.309 e. The first kappa shape index (κ1) is 42.7. The van der Waals surface area contributed by atoms with Crippen LogP contribution in [-0.2, 0) is 24.7 Å². The fraction of sp³-hybridized carbons (Fsp3) is 0.0769. The van der Waals surface area contributed by atoms with Crippen LogP contribution in [0.25, 0.3) is 99.0 Å². The summed E-state index contributed by atoms with van der Waals surface area (Å²) in [6, 6.07) is 32.6. The zero-order valence-electron chi connectivity index (χ0n) is 34.3. The van der Waals surface area contributed by atoms with Gasteiger partial charge in [0.15, 0.2) is 0 Å². The number of hydrogen-bond acceptors (Lipinski definition) is 2. The molecule has 0 amide bonds. The number of aromatic nitrogens is 4. The lowest BCUT2D eigenvalue weighted by atomic mass is 9.88. The van der Waals surface area contributed by atoms with Gasteiger partial charge in [0.05, 0.1) is 55.7 Å². The average molecular weight is 935 g/mol. The van der Waals surface area contributed by atoms with Gasteiger partial charge in [0.25, 0.3) is 0 Å². The van der Waals surface area contributed by atoms with Gasteiger partial charge in [-0.3, -0.25) is 9.97 Å². The molecule has 4 aromatic heterocycles. The molecule has 68 heavy (non-hydrogen) atoms. The Morgan fingerprint density at radius 1 is 0.294 bits per heavy atom. The number of pyridine rings is 2. The Bertz CT molecular complexity index is 3450. The fourth-order valence-corrected chi connectivity index (χ4v) is 9.36. The number of rotatable bonds is 4. The number of halogens is 12. The summed E-state index contributed by atoms with van der Waals surface area (Å²) in [5, 5.41) is 2.08. The lowest BCUT2D eigenvalue weighted by Gasteiger charge is -2.20. The average Bonchev–Trinajstić information content (AvgIpc) is 3.81. The highest BCUT2D eigenvalue weighted by Crippen LogP contribution is 2.47. The third-order valence-corrected chi connectivity index (χ3v) is 12.3. The van der Waals surface area contributed by atoms with Gasteiger partial charge in [-0.25, -0.2) is 0 Å². The van der Waals surface area contributed by atoms with Crippen LogP contribution in [-0.4, -0.2) is 19.1 Å². The molecule has 338 valence electrons. The van der Waals surface area contributed by atoms with Crippen LogP contribution in [0, 0.1) is 0 Å². The van der Waals surface area contributed by atoms with Crippen molar-refractivity contribution in [3.8, 4) is 33.9 Å². The molecule has 7 aromatic carbocycles. The van der Waals surface area contributed by atoms with Crippen molar-refractivity contribution < 1.29 is 52.7 Å². The normalized spacial score (nSPS) is 13.0. The molecule has 4 nitrogen and oxygen atoms in total. The van der Waals surface area contributed by atoms with E-state index in [0.29, 0.717) is 55.4 Å². The molecular formula is C52H26F12N4. The molecule has 0 aliphatic heterocycles. The standard InChI is InChI=1S/C52H26F12N4/c53-49(54,55)27-7-15-43-35(21-27)36-22-28(50(56,57)58)8-16-44(36)67(43)31-12-14-34-39(25-31)47(41-5-1-3-19-65-41)33-13-11-32(26-40(33)48(34)42-6-2-4-20-66-42)68-45-17-9-29(51(59,60)61)23-37(45)38-24-30(52(62,63)64)10-18-46(38)68/h1-26H. The molecule has 11 rings (SSSR count). The molecule has 0 aliphatic rings. The van der Waals surface area contributed by atoms with E-state index in [1.165, 1.54) is 24.3 Å². The van der Waals surface area contributed by atoms with Crippen molar-refractivity contribution in [2.75, 3.05) is 0 Å². The Morgan fingerprint density at radius 3 is 0.868 bits per heavy atom. The van der Waals surface area contributed by atoms with Crippen LogP contribution in [0.2, 0.25) is 0 Å². The minimum Gasteiger partial charge on any atom is -0.309 e. The van der Waals surface area contributed by atoms with Crippen molar-refractivity contribution in [3.63, 3.8) is 0 Å². The number of alkyl halides is 12. The Balaban J connectivity index is 1.23. The largest absolute Gasteiger partial charge is 0.416 e. The van der Waals surface area contributed by atoms with Gasteiger partial charge < -0.3 is 9.13 Å². The maximum Gasteiger partial charge on any atom is 0.416 e. The number of fused-ring (bicyclic) bond motifs is 8. The summed E-state index contributed by atoms with van der Waals surface area (Å²) < 4.78 is 172. The van der Waals surface area contributed by atoms with Crippen LogP contribution in [0.5, 0.6) is 0 Å². The van der Waals surface area contributed by atoms with Crippen molar-refractivity contribution >= 4 is 65.2 Å². The second kappa shape index (κ2) is 14.8. The molecule has 0 aliphatic carbocycles. The molecule has 0 atom stereocenters. The highest BCUT2D eigenvalue weighted by molar-refractivity contribution is 6.22. The molecule has 0 unspecified atom stereocenters. The van der Waals surface area contributed by atoms with Crippen molar-refractivity contribution in [2.45, 2.75) is 24.7 Å². The van der Waals surface area contributed by atoms with Gasteiger partial charge in [-0.2, -0.15) is 52.7 Å². The topological polar surface area (TPSA) is 35.6 Å². The lowest BCUT2D eigenvalue weighted by Crippen LogP contribution is -2.04. The first-order chi connectivity index (χ1) is 32.3. The Labute approximate surface area is 374 Å². The van der Waals surface area contributed by atoms with Crippen molar-refractivity contribution in [2.24, 2.45) is 0 Å². The van der Waals surface area contributed by atoms with Gasteiger partial charge >= 0.3 is 24.7 Å². The van der Waals surface area contributed by atoms with Crippen molar-refractivity contribution in [1.29, 1.82) is 0 Å². The van der Waals surface area contributed by atoms with E-state index < -0.39 is 47.0 Å². The van der Waals surface area contributed by atoms with Gasteiger partial charge in [-0.1, -0.05) is 24.3 Å². The summed E-state index contributed by atoms with van der Waals surface area (Å²) in [6.07, 6.45) is -16.0. The zero-order valence-corrected chi connectivity index (χ0v) is 34.3. The van der Waals surface area contributed by atoms with E-state index in [0.717, 1.165) is 48.5 Å². The SMILES string of the molecule is FC(F)(F)c1ccc2c(c1)c1cc(C(F)(F)F)ccc1n2-c1ccc2c(-c3ccccn3)c3cc(-n4c5ccc(C(F)(F)F)cc5c5cc(C(F)(F)F)ccc54)ccc3c(-c3ccccn3)c2c1. The van der Waals surface area contributed by atoms with E-state index in [1.807, 2.05) is 0 Å². The Morgan fingerprint density at radius 2 is 0.603 bits per heavy atom. The third kappa shape index (κ3) is 6.87. The minimum absolute atomic E-state index is 0.0551. The van der Waals surface area contributed by atoms with Crippen LogP contribution in [0.4, 0.5) is 52.7 Å². The molecular weight excluding hydrogens is 909 g/mol. The van der Waals surface area contributed by atoms with E-state index in [1.54, 1.807) is 94.3 Å². The minimum atomic E-state index is -4.79. The molecule has 0 bridgehead atoms. The Hall–Kier alpha value is -7.88. The predicted molar refractivity (Wildman–Crippen MR) is 237 cm³/mol. The van der Waals surface area contributed by atoms with E-state index in [2.05, 4.69) is 0 Å². The molecule has 0 saturated heterocycles. The highest BCUT2D eigenvalue weighted by atomic mass is 19.4. The number of nitrogens with zero attached hydrogens (tertiary/aromatic N) is 4. The maximum absolute atomic E-state index is 14.1. The monoisotopic (exact) mass is 934 g/mol. The van der Waals surface area contributed by atoms with Crippen LogP contribution in [0.1, 0.15) is 22.3 Å². The third-order valence-electron chi connectivity index (χ3n) is 12.3. The molecule has 0 saturated carbocycles. The summed E-state index contributed by atoms with van der Waals surface area (Å²) in [4.78, 5) is 9.39. The fourth-order valence-electron chi connectivity index (χ4n) is 9.36. The van der Waals surface area contributed by atoms with Gasteiger partial charge in [0, 0.05) is 56.4 Å². The first-order valence-electron chi connectivity index (χ1n) is 20.6. The van der Waals surface area contributed by atoms with Gasteiger partial charge in [-0.15, -0.1) is 0 Å². The van der Waals surface area contributed by atoms with E-state index in [9.17, 15) is 52.7 Å². The molecule has 0 fully saturated rings. The van der Waals surface area contributed by atoms with Crippen LogP contribution in [0.15, 0.2) is 158 Å². The molecule has 16 heteroatoms. The second-order valence-electron chi connectivity index (χ2n) is 16.2. The lowest BCUT2D eigenvalue weighted by molar-refractivity contribution is -0.138. The maximum atomic E-state index is 14.1. The molecule has 4 heterocycles.